The highest BCUT2D eigenvalue weighted by molar-refractivity contribution is 5.96. The van der Waals surface area contributed by atoms with Gasteiger partial charge in [0.1, 0.15) is 11.9 Å². The highest BCUT2D eigenvalue weighted by atomic mass is 16.5. The molecule has 0 bridgehead atoms. The van der Waals surface area contributed by atoms with Crippen molar-refractivity contribution in [1.29, 1.82) is 0 Å². The van der Waals surface area contributed by atoms with E-state index < -0.39 is 13.2 Å². The van der Waals surface area contributed by atoms with Gasteiger partial charge in [0, 0.05) is 76.1 Å². The number of hydrogen-bond acceptors (Lipinski definition) is 10. The van der Waals surface area contributed by atoms with Gasteiger partial charge >= 0.3 is 0 Å². The molecular weight excluding hydrogens is 739 g/mol. The number of aryl methyl sites for hydroxylation is 2. The van der Waals surface area contributed by atoms with E-state index in [2.05, 4.69) is 69.0 Å². The molecule has 2 unspecified atom stereocenters. The molecule has 5 aromatic rings. The monoisotopic (exact) mass is 797 g/mol. The van der Waals surface area contributed by atoms with E-state index in [1.165, 1.54) is 16.6 Å². The number of aromatic hydroxyl groups is 1. The summed E-state index contributed by atoms with van der Waals surface area (Å²) in [4.78, 5) is 22.6. The van der Waals surface area contributed by atoms with E-state index in [-0.39, 0.29) is 17.8 Å². The minimum atomic E-state index is -0.705. The molecule has 3 fully saturated rings. The number of piperidine rings is 2. The molecule has 3 atom stereocenters. The molecule has 6 heterocycles. The summed E-state index contributed by atoms with van der Waals surface area (Å²) >= 11 is 0. The number of nitrogens with two attached hydrogens (primary N) is 1. The third-order valence-corrected chi connectivity index (χ3v) is 13.1. The number of fused-ring (bicyclic) bond motifs is 1. The summed E-state index contributed by atoms with van der Waals surface area (Å²) in [5.74, 6) is 1.61. The number of carbonyl (C=O) groups excluding carboxylic acids is 1. The smallest absolute Gasteiger partial charge is 0.253 e. The van der Waals surface area contributed by atoms with Crippen LogP contribution in [0.2, 0.25) is 0 Å². The number of ether oxygens (including phenoxy) is 1. The number of carbonyl (C=O) groups is 1. The molecule has 1 amide bonds. The summed E-state index contributed by atoms with van der Waals surface area (Å²) in [6, 6.07) is 21.4. The van der Waals surface area contributed by atoms with Crippen LogP contribution in [0.3, 0.4) is 0 Å². The Kier molecular flexibility index (Phi) is 10.4. The fourth-order valence-electron chi connectivity index (χ4n) is 9.84. The second kappa shape index (κ2) is 16.7. The second-order valence-corrected chi connectivity index (χ2v) is 16.6. The van der Waals surface area contributed by atoms with Crippen molar-refractivity contribution in [3.8, 4) is 17.0 Å². The van der Waals surface area contributed by atoms with Crippen LogP contribution in [0.15, 0.2) is 79.0 Å². The van der Waals surface area contributed by atoms with Crippen molar-refractivity contribution in [2.24, 2.45) is 13.0 Å². The summed E-state index contributed by atoms with van der Waals surface area (Å²) in [6.07, 6.45) is 7.70. The van der Waals surface area contributed by atoms with E-state index in [4.69, 9.17) is 13.2 Å². The predicted molar refractivity (Wildman–Crippen MR) is 235 cm³/mol. The number of morpholine rings is 1. The number of nitrogen functional groups attached to an aromatic ring is 1. The summed E-state index contributed by atoms with van der Waals surface area (Å²) < 4.78 is 25.2. The van der Waals surface area contributed by atoms with Gasteiger partial charge in [-0.15, -0.1) is 10.2 Å². The van der Waals surface area contributed by atoms with Crippen LogP contribution in [0, 0.1) is 19.8 Å². The van der Waals surface area contributed by atoms with Crippen LogP contribution in [0.5, 0.6) is 5.75 Å². The number of nitrogens with zero attached hydrogens (tertiary/aromatic N) is 7. The maximum atomic E-state index is 13.8. The number of hydrogen-bond donors (Lipinski definition) is 3. The third kappa shape index (κ3) is 7.77. The van der Waals surface area contributed by atoms with E-state index >= 15 is 0 Å². The molecule has 59 heavy (non-hydrogen) atoms. The Bertz CT molecular complexity index is 2440. The Morgan fingerprint density at radius 3 is 2.56 bits per heavy atom. The van der Waals surface area contributed by atoms with Crippen LogP contribution in [-0.2, 0) is 11.8 Å². The van der Waals surface area contributed by atoms with Gasteiger partial charge in [0.05, 0.1) is 37.2 Å². The molecule has 12 nitrogen and oxygen atoms in total. The van der Waals surface area contributed by atoms with E-state index in [1.807, 2.05) is 52.4 Å². The summed E-state index contributed by atoms with van der Waals surface area (Å²) in [5.41, 5.74) is 15.9. The van der Waals surface area contributed by atoms with Crippen molar-refractivity contribution in [3.05, 3.63) is 107 Å². The molecule has 4 aliphatic rings. The first-order chi connectivity index (χ1) is 29.5. The number of phenolic OH excluding ortho intramolecular Hbond substituents is 1. The fraction of sp³-hybridized carbons (Fsp3) is 0.426. The number of amides is 1. The number of likely N-dealkylation sites (tertiary alicyclic amines) is 2. The normalized spacial score (nSPS) is 22.8. The largest absolute Gasteiger partial charge is 0.507 e. The van der Waals surface area contributed by atoms with Crippen LogP contribution in [0.25, 0.3) is 22.2 Å². The molecule has 4 N–H and O–H groups in total. The highest BCUT2D eigenvalue weighted by Crippen LogP contribution is 2.41. The molecule has 3 saturated heterocycles. The van der Waals surface area contributed by atoms with Gasteiger partial charge in [-0.1, -0.05) is 36.4 Å². The van der Waals surface area contributed by atoms with Gasteiger partial charge in [-0.05, 0) is 118 Å². The molecule has 0 saturated carbocycles. The maximum Gasteiger partial charge on any atom is 0.253 e. The minimum Gasteiger partial charge on any atom is -0.507 e. The first-order valence-corrected chi connectivity index (χ1v) is 21.1. The lowest BCUT2D eigenvalue weighted by molar-refractivity contribution is 0.0394. The summed E-state index contributed by atoms with van der Waals surface area (Å²) in [7, 11) is 2.14. The Morgan fingerprint density at radius 1 is 0.966 bits per heavy atom. The SMILES string of the molecule is [2H]C1C=CN(c2cccc3c(C4CCN(CC5CCN(C(=O)c6ccc(C7CN(c8cc(-c9ccccc9O)nnc8N)CCO7)c(C)c6)CC5)CC4)c(C)n(C)c23)[C@H]([2H])N1. The van der Waals surface area contributed by atoms with Crippen LogP contribution in [-0.4, -0.2) is 101 Å². The molecule has 4 aliphatic heterocycles. The number of para-hydroxylation sites is 2. The standard InChI is InChI=1S/C47H57N9O3/c1-31-26-35(12-13-36(31)43-29-55(24-25-59-43)41-27-39(50-51-46(41)48)37-8-4-5-11-42(37)57)47(58)54-22-14-33(15-23-54)28-53-20-16-34(17-21-53)44-32(2)52(3)45-38(44)9-6-10-40(45)56-19-7-18-49-30-56/h4-13,19,26-27,33-34,43,49,57H,14-18,20-25,28-30H2,1-3H3,(H2,48,51)/i18D,30D/t18?,30-,43?/m1/s1. The maximum absolute atomic E-state index is 13.8. The zero-order valence-corrected chi connectivity index (χ0v) is 34.3. The highest BCUT2D eigenvalue weighted by Gasteiger charge is 2.31. The van der Waals surface area contributed by atoms with Crippen molar-refractivity contribution in [2.75, 3.05) is 81.1 Å². The molecule has 0 spiro atoms. The quantitative estimate of drug-likeness (QED) is 0.156. The first-order valence-electron chi connectivity index (χ1n) is 22.2. The topological polar surface area (TPSA) is 128 Å². The number of rotatable bonds is 8. The molecule has 3 aromatic carbocycles. The lowest BCUT2D eigenvalue weighted by Crippen LogP contribution is -2.43. The molecule has 2 aromatic heterocycles. The fourth-order valence-corrected chi connectivity index (χ4v) is 9.84. The summed E-state index contributed by atoms with van der Waals surface area (Å²) in [5, 5.41) is 23.1. The summed E-state index contributed by atoms with van der Waals surface area (Å²) in [6.45, 7) is 9.47. The zero-order valence-electron chi connectivity index (χ0n) is 36.3. The van der Waals surface area contributed by atoms with Crippen LogP contribution < -0.4 is 20.9 Å². The van der Waals surface area contributed by atoms with Crippen molar-refractivity contribution >= 4 is 34.0 Å². The number of benzene rings is 3. The van der Waals surface area contributed by atoms with Crippen molar-refractivity contribution in [1.82, 2.24) is 29.9 Å². The molecule has 9 rings (SSSR count). The first kappa shape index (κ1) is 36.6. The van der Waals surface area contributed by atoms with E-state index in [1.54, 1.807) is 18.2 Å². The van der Waals surface area contributed by atoms with E-state index in [9.17, 15) is 9.90 Å². The molecular formula is C47H57N9O3. The Labute approximate surface area is 350 Å². The van der Waals surface area contributed by atoms with E-state index in [0.29, 0.717) is 54.2 Å². The number of nitrogens with one attached hydrogen (secondary N) is 1. The van der Waals surface area contributed by atoms with Gasteiger partial charge in [0.15, 0.2) is 5.82 Å². The van der Waals surface area contributed by atoms with Crippen molar-refractivity contribution in [2.45, 2.75) is 51.6 Å². The Balaban J connectivity index is 0.785. The van der Waals surface area contributed by atoms with Crippen LogP contribution in [0.1, 0.15) is 73.2 Å². The van der Waals surface area contributed by atoms with E-state index in [0.717, 1.165) is 86.4 Å². The zero-order chi connectivity index (χ0) is 42.4. The van der Waals surface area contributed by atoms with Gasteiger partial charge in [-0.2, -0.15) is 0 Å². The average molecular weight is 798 g/mol. The lowest BCUT2D eigenvalue weighted by atomic mass is 9.86. The molecule has 308 valence electrons. The number of phenols is 1. The molecule has 0 aliphatic carbocycles. The van der Waals surface area contributed by atoms with Crippen LogP contribution >= 0.6 is 0 Å². The average Bonchev–Trinajstić information content (AvgIpc) is 3.53. The predicted octanol–water partition coefficient (Wildman–Crippen LogP) is 6.73. The van der Waals surface area contributed by atoms with Gasteiger partial charge < -0.3 is 39.7 Å². The number of aromatic nitrogens is 3. The van der Waals surface area contributed by atoms with Gasteiger partial charge in [-0.3, -0.25) is 10.1 Å². The second-order valence-electron chi connectivity index (χ2n) is 16.6. The van der Waals surface area contributed by atoms with Gasteiger partial charge in [-0.25, -0.2) is 0 Å². The minimum absolute atomic E-state index is 0.0902. The molecule has 12 heteroatoms. The third-order valence-electron chi connectivity index (χ3n) is 13.1. The lowest BCUT2D eigenvalue weighted by Gasteiger charge is -2.38. The van der Waals surface area contributed by atoms with Crippen LogP contribution in [0.4, 0.5) is 17.2 Å². The van der Waals surface area contributed by atoms with Crippen molar-refractivity contribution in [3.63, 3.8) is 0 Å². The Hall–Kier alpha value is -5.43. The number of anilines is 3. The van der Waals surface area contributed by atoms with Crippen molar-refractivity contribution < 1.29 is 17.4 Å². The molecule has 0 radical (unpaired) electrons. The van der Waals surface area contributed by atoms with Gasteiger partial charge in [0.25, 0.3) is 5.91 Å². The van der Waals surface area contributed by atoms with Gasteiger partial charge in [0.2, 0.25) is 0 Å². The Morgan fingerprint density at radius 2 is 1.78 bits per heavy atom.